The molecule has 0 spiro atoms. The minimum atomic E-state index is -0.498. The molecule has 3 aromatic rings. The first-order chi connectivity index (χ1) is 15.1. The summed E-state index contributed by atoms with van der Waals surface area (Å²) in [6.07, 6.45) is 1.47. The minimum Gasteiger partial charge on any atom is -0.497 e. The Balaban J connectivity index is 1.62. The van der Waals surface area contributed by atoms with Gasteiger partial charge in [0.1, 0.15) is 11.6 Å². The molecule has 0 fully saturated rings. The second-order valence-electron chi connectivity index (χ2n) is 7.89. The maximum Gasteiger partial charge on any atom is 0.257 e. The molecule has 1 aliphatic heterocycles. The average molecular weight is 434 g/mol. The highest BCUT2D eigenvalue weighted by Gasteiger charge is 2.38. The topological polar surface area (TPSA) is 29.5 Å². The molecule has 0 saturated heterocycles. The van der Waals surface area contributed by atoms with Crippen LogP contribution < -0.4 is 4.74 Å². The minimum absolute atomic E-state index is 0.101. The highest BCUT2D eigenvalue weighted by atomic mass is 35.5. The zero-order valence-electron chi connectivity index (χ0n) is 17.1. The molecule has 0 bridgehead atoms. The maximum atomic E-state index is 14.5. The monoisotopic (exact) mass is 433 g/mol. The summed E-state index contributed by atoms with van der Waals surface area (Å²) in [5.41, 5.74) is 5.89. The summed E-state index contributed by atoms with van der Waals surface area (Å²) in [5, 5.41) is 0.707. The van der Waals surface area contributed by atoms with Gasteiger partial charge in [-0.3, -0.25) is 4.79 Å². The Labute approximate surface area is 185 Å². The summed E-state index contributed by atoms with van der Waals surface area (Å²) < 4.78 is 19.8. The zero-order valence-corrected chi connectivity index (χ0v) is 17.8. The fraction of sp³-hybridized carbons (Fsp3) is 0.192. The average Bonchev–Trinajstić information content (AvgIpc) is 3.16. The smallest absolute Gasteiger partial charge is 0.257 e. The van der Waals surface area contributed by atoms with Crippen LogP contribution in [-0.4, -0.2) is 24.5 Å². The van der Waals surface area contributed by atoms with E-state index in [0.29, 0.717) is 11.6 Å². The lowest BCUT2D eigenvalue weighted by molar-refractivity contribution is 0.0693. The number of benzene rings is 3. The van der Waals surface area contributed by atoms with Crippen LogP contribution in [0.25, 0.3) is 5.57 Å². The molecule has 5 heteroatoms. The Morgan fingerprint density at radius 1 is 1.10 bits per heavy atom. The van der Waals surface area contributed by atoms with E-state index in [1.54, 1.807) is 30.2 Å². The molecule has 3 nitrogen and oxygen atoms in total. The quantitative estimate of drug-likeness (QED) is 0.500. The van der Waals surface area contributed by atoms with Crippen molar-refractivity contribution in [2.75, 3.05) is 13.7 Å². The Hall–Kier alpha value is -3.11. The number of rotatable bonds is 3. The van der Waals surface area contributed by atoms with Crippen molar-refractivity contribution >= 4 is 23.1 Å². The van der Waals surface area contributed by atoms with Crippen LogP contribution in [0.1, 0.15) is 39.5 Å². The molecule has 1 unspecified atom stereocenters. The van der Waals surface area contributed by atoms with Gasteiger partial charge in [-0.15, -0.1) is 0 Å². The standard InChI is InChI=1S/C26H21ClFNO2/c1-31-19-10-7-16(8-11-19)25-23-14-17-6-9-18(27)15-22(17)20(23)12-13-29(25)26(30)21-4-2-3-5-24(21)28/h2-11,15,25H,12-14H2,1H3. The Morgan fingerprint density at radius 2 is 1.87 bits per heavy atom. The number of fused-ring (bicyclic) bond motifs is 2. The van der Waals surface area contributed by atoms with E-state index in [1.807, 2.05) is 36.4 Å². The fourth-order valence-corrected chi connectivity index (χ4v) is 4.92. The largest absolute Gasteiger partial charge is 0.497 e. The molecular formula is C26H21ClFNO2. The normalized spacial score (nSPS) is 17.4. The Morgan fingerprint density at radius 3 is 2.61 bits per heavy atom. The lowest BCUT2D eigenvalue weighted by Gasteiger charge is -2.38. The Kier molecular flexibility index (Phi) is 5.03. The van der Waals surface area contributed by atoms with E-state index in [4.69, 9.17) is 16.3 Å². The van der Waals surface area contributed by atoms with Gasteiger partial charge in [-0.05, 0) is 77.1 Å². The summed E-state index contributed by atoms with van der Waals surface area (Å²) >= 11 is 6.28. The molecule has 31 heavy (non-hydrogen) atoms. The van der Waals surface area contributed by atoms with Gasteiger partial charge < -0.3 is 9.64 Å². The van der Waals surface area contributed by atoms with Gasteiger partial charge in [-0.2, -0.15) is 0 Å². The van der Waals surface area contributed by atoms with Crippen LogP contribution in [0.4, 0.5) is 4.39 Å². The summed E-state index contributed by atoms with van der Waals surface area (Å²) in [7, 11) is 1.63. The van der Waals surface area contributed by atoms with Gasteiger partial charge in [0.2, 0.25) is 0 Å². The van der Waals surface area contributed by atoms with Crippen molar-refractivity contribution in [1.29, 1.82) is 0 Å². The molecule has 1 amide bonds. The van der Waals surface area contributed by atoms with Gasteiger partial charge in [0.25, 0.3) is 5.91 Å². The maximum absolute atomic E-state index is 14.5. The van der Waals surface area contributed by atoms with Gasteiger partial charge in [-0.25, -0.2) is 4.39 Å². The summed E-state index contributed by atoms with van der Waals surface area (Å²) in [5.74, 6) is -0.0380. The first-order valence-electron chi connectivity index (χ1n) is 10.3. The van der Waals surface area contributed by atoms with Crippen LogP contribution in [0, 0.1) is 5.82 Å². The van der Waals surface area contributed by atoms with E-state index in [2.05, 4.69) is 6.07 Å². The van der Waals surface area contributed by atoms with Crippen LogP contribution in [0.3, 0.4) is 0 Å². The van der Waals surface area contributed by atoms with E-state index < -0.39 is 5.82 Å². The van der Waals surface area contributed by atoms with Gasteiger partial charge in [0.05, 0.1) is 18.7 Å². The van der Waals surface area contributed by atoms with E-state index in [9.17, 15) is 9.18 Å². The number of nitrogens with zero attached hydrogens (tertiary/aromatic N) is 1. The van der Waals surface area contributed by atoms with E-state index >= 15 is 0 Å². The predicted octanol–water partition coefficient (Wildman–Crippen LogP) is 6.08. The molecule has 0 aromatic heterocycles. The van der Waals surface area contributed by atoms with Crippen molar-refractivity contribution in [2.24, 2.45) is 0 Å². The second kappa shape index (κ2) is 7.86. The molecular weight excluding hydrogens is 413 g/mol. The van der Waals surface area contributed by atoms with Crippen molar-refractivity contribution in [3.63, 3.8) is 0 Å². The number of ether oxygens (including phenoxy) is 1. The summed E-state index contributed by atoms with van der Waals surface area (Å²) in [6, 6.07) is 19.6. The van der Waals surface area contributed by atoms with Crippen molar-refractivity contribution in [3.8, 4) is 5.75 Å². The van der Waals surface area contributed by atoms with Gasteiger partial charge >= 0.3 is 0 Å². The van der Waals surface area contributed by atoms with Crippen LogP contribution in [0.5, 0.6) is 5.75 Å². The van der Waals surface area contributed by atoms with Crippen LogP contribution in [-0.2, 0) is 6.42 Å². The lowest BCUT2D eigenvalue weighted by atomic mass is 9.87. The number of halogens is 2. The molecule has 1 aliphatic carbocycles. The number of hydrogen-bond donors (Lipinski definition) is 0. The molecule has 0 radical (unpaired) electrons. The number of methoxy groups -OCH3 is 1. The van der Waals surface area contributed by atoms with E-state index in [1.165, 1.54) is 28.3 Å². The number of amides is 1. The molecule has 0 N–H and O–H groups in total. The first kappa shape index (κ1) is 19.8. The van der Waals surface area contributed by atoms with Crippen LogP contribution in [0.2, 0.25) is 5.02 Å². The van der Waals surface area contributed by atoms with Crippen molar-refractivity contribution in [1.82, 2.24) is 4.90 Å². The first-order valence-corrected chi connectivity index (χ1v) is 10.6. The number of carbonyl (C=O) groups excluding carboxylic acids is 1. The lowest BCUT2D eigenvalue weighted by Crippen LogP contribution is -2.39. The highest BCUT2D eigenvalue weighted by molar-refractivity contribution is 6.30. The fourth-order valence-electron chi connectivity index (χ4n) is 4.75. The third-order valence-electron chi connectivity index (χ3n) is 6.21. The molecule has 0 saturated carbocycles. The van der Waals surface area contributed by atoms with Crippen LogP contribution >= 0.6 is 11.6 Å². The van der Waals surface area contributed by atoms with Gasteiger partial charge in [0.15, 0.2) is 0 Å². The van der Waals surface area contributed by atoms with E-state index in [0.717, 1.165) is 24.2 Å². The number of carbonyl (C=O) groups is 1. The third kappa shape index (κ3) is 3.41. The zero-order chi connectivity index (χ0) is 21.5. The van der Waals surface area contributed by atoms with Crippen molar-refractivity contribution in [3.05, 3.63) is 105 Å². The molecule has 2 aliphatic rings. The summed E-state index contributed by atoms with van der Waals surface area (Å²) in [4.78, 5) is 15.3. The van der Waals surface area contributed by atoms with Gasteiger partial charge in [-0.1, -0.05) is 41.9 Å². The molecule has 1 heterocycles. The summed E-state index contributed by atoms with van der Waals surface area (Å²) in [6.45, 7) is 0.509. The van der Waals surface area contributed by atoms with Gasteiger partial charge in [0, 0.05) is 11.6 Å². The second-order valence-corrected chi connectivity index (χ2v) is 8.32. The third-order valence-corrected chi connectivity index (χ3v) is 6.44. The Bertz CT molecular complexity index is 1200. The van der Waals surface area contributed by atoms with Crippen LogP contribution in [0.15, 0.2) is 72.3 Å². The molecule has 1 atom stereocenters. The predicted molar refractivity (Wildman–Crippen MR) is 120 cm³/mol. The highest BCUT2D eigenvalue weighted by Crippen LogP contribution is 2.47. The molecule has 156 valence electrons. The molecule has 3 aromatic carbocycles. The van der Waals surface area contributed by atoms with E-state index in [-0.39, 0.29) is 17.5 Å². The number of hydrogen-bond acceptors (Lipinski definition) is 2. The van der Waals surface area contributed by atoms with Crippen molar-refractivity contribution in [2.45, 2.75) is 18.9 Å². The SMILES string of the molecule is COc1ccc(C2C3=C(CCN2C(=O)c2ccccc2F)c2cc(Cl)ccc2C3)cc1. The van der Waals surface area contributed by atoms with Crippen molar-refractivity contribution < 1.29 is 13.9 Å². The molecule has 5 rings (SSSR count).